The Balaban J connectivity index is 3.15. The highest BCUT2D eigenvalue weighted by Gasteiger charge is 2.25. The summed E-state index contributed by atoms with van der Waals surface area (Å²) in [7, 11) is 1.34. The molecule has 0 saturated carbocycles. The topological polar surface area (TPSA) is 113 Å². The second kappa shape index (κ2) is 5.35. The van der Waals surface area contributed by atoms with Gasteiger partial charge in [0, 0.05) is 0 Å². The van der Waals surface area contributed by atoms with E-state index in [1.807, 2.05) is 0 Å². The van der Waals surface area contributed by atoms with Crippen LogP contribution in [0, 0.1) is 0 Å². The Kier molecular flexibility index (Phi) is 4.33. The summed E-state index contributed by atoms with van der Waals surface area (Å²) < 4.78 is 5.13. The molecule has 1 rings (SSSR count). The fraction of sp³-hybridized carbons (Fsp3) is 0.300. The first-order valence-electron chi connectivity index (χ1n) is 4.60. The second-order valence-corrected chi connectivity index (χ2v) is 4.20. The van der Waals surface area contributed by atoms with Gasteiger partial charge in [-0.15, -0.1) is 0 Å². The zero-order valence-corrected chi connectivity index (χ0v) is 10.5. The van der Waals surface area contributed by atoms with Crippen molar-refractivity contribution in [3.05, 3.63) is 22.2 Å². The van der Waals surface area contributed by atoms with E-state index in [0.29, 0.717) is 0 Å². The molecule has 2 unspecified atom stereocenters. The summed E-state index contributed by atoms with van der Waals surface area (Å²) in [5.41, 5.74) is 5.06. The summed E-state index contributed by atoms with van der Waals surface area (Å²) in [6.45, 7) is 0. The SMILES string of the molecule is COc1cc(C(O)C(O)C(N)=O)cc(Br)c1O. The molecule has 0 heterocycles. The summed E-state index contributed by atoms with van der Waals surface area (Å²) in [5, 5.41) is 28.6. The molecule has 0 aliphatic rings. The van der Waals surface area contributed by atoms with Crippen molar-refractivity contribution in [2.24, 2.45) is 5.73 Å². The van der Waals surface area contributed by atoms with Gasteiger partial charge in [0.15, 0.2) is 17.6 Å². The van der Waals surface area contributed by atoms with Gasteiger partial charge in [0.2, 0.25) is 5.91 Å². The van der Waals surface area contributed by atoms with Crippen LogP contribution in [0.5, 0.6) is 11.5 Å². The summed E-state index contributed by atoms with van der Waals surface area (Å²) in [6, 6.07) is 2.66. The number of ether oxygens (including phenoxy) is 1. The molecule has 5 N–H and O–H groups in total. The molecule has 6 nitrogen and oxygen atoms in total. The van der Waals surface area contributed by atoms with Gasteiger partial charge >= 0.3 is 0 Å². The molecule has 0 saturated heterocycles. The number of hydrogen-bond acceptors (Lipinski definition) is 5. The van der Waals surface area contributed by atoms with Crippen molar-refractivity contribution in [2.45, 2.75) is 12.2 Å². The molecule has 0 aliphatic carbocycles. The molecule has 1 aromatic rings. The minimum atomic E-state index is -1.73. The Morgan fingerprint density at radius 1 is 1.47 bits per heavy atom. The monoisotopic (exact) mass is 305 g/mol. The van der Waals surface area contributed by atoms with Crippen LogP contribution in [0.3, 0.4) is 0 Å². The molecule has 0 fully saturated rings. The Hall–Kier alpha value is -1.31. The summed E-state index contributed by atoms with van der Waals surface area (Å²) >= 11 is 3.05. The number of phenolic OH excluding ortho intramolecular Hbond substituents is 1. The molecule has 7 heteroatoms. The number of benzene rings is 1. The lowest BCUT2D eigenvalue weighted by Crippen LogP contribution is -2.33. The number of amides is 1. The average molecular weight is 306 g/mol. The highest BCUT2D eigenvalue weighted by Crippen LogP contribution is 2.37. The Bertz CT molecular complexity index is 437. The first kappa shape index (κ1) is 13.8. The van der Waals surface area contributed by atoms with Crippen molar-refractivity contribution in [2.75, 3.05) is 7.11 Å². The van der Waals surface area contributed by atoms with E-state index in [4.69, 9.17) is 10.5 Å². The number of carbonyl (C=O) groups excluding carboxylic acids is 1. The Morgan fingerprint density at radius 3 is 2.53 bits per heavy atom. The first-order chi connectivity index (χ1) is 7.88. The van der Waals surface area contributed by atoms with Crippen molar-refractivity contribution >= 4 is 21.8 Å². The number of hydrogen-bond donors (Lipinski definition) is 4. The maximum absolute atomic E-state index is 10.7. The van der Waals surface area contributed by atoms with Crippen LogP contribution in [0.4, 0.5) is 0 Å². The molecule has 1 amide bonds. The molecule has 0 radical (unpaired) electrons. The number of methoxy groups -OCH3 is 1. The van der Waals surface area contributed by atoms with Crippen molar-refractivity contribution in [3.63, 3.8) is 0 Å². The number of primary amides is 1. The molecule has 2 atom stereocenters. The summed E-state index contributed by atoms with van der Waals surface area (Å²) in [5.74, 6) is -1.08. The number of phenols is 1. The molecule has 94 valence electrons. The lowest BCUT2D eigenvalue weighted by molar-refractivity contribution is -0.131. The Labute approximate surface area is 106 Å². The first-order valence-corrected chi connectivity index (χ1v) is 5.39. The molecule has 0 aromatic heterocycles. The van der Waals surface area contributed by atoms with Gasteiger partial charge in [-0.05, 0) is 33.6 Å². The van der Waals surface area contributed by atoms with Crippen LogP contribution < -0.4 is 10.5 Å². The van der Waals surface area contributed by atoms with Crippen molar-refractivity contribution < 1.29 is 24.9 Å². The highest BCUT2D eigenvalue weighted by molar-refractivity contribution is 9.10. The van der Waals surface area contributed by atoms with Crippen molar-refractivity contribution in [3.8, 4) is 11.5 Å². The Morgan fingerprint density at radius 2 is 2.06 bits per heavy atom. The third-order valence-corrected chi connectivity index (χ3v) is 2.81. The van der Waals surface area contributed by atoms with Crippen LogP contribution in [-0.4, -0.2) is 34.4 Å². The number of aliphatic hydroxyl groups is 2. The summed E-state index contributed by atoms with van der Waals surface area (Å²) in [6.07, 6.45) is -3.21. The van der Waals surface area contributed by atoms with Crippen molar-refractivity contribution in [1.29, 1.82) is 0 Å². The standard InChI is InChI=1S/C10H12BrNO5/c1-17-6-3-4(2-5(11)8(6)14)7(13)9(15)10(12)16/h2-3,7,9,13-15H,1H3,(H2,12,16). The number of aromatic hydroxyl groups is 1. The predicted octanol–water partition coefficient (Wildman–Crippen LogP) is 0.0429. The van der Waals surface area contributed by atoms with Gasteiger partial charge in [0.05, 0.1) is 11.6 Å². The maximum Gasteiger partial charge on any atom is 0.249 e. The van der Waals surface area contributed by atoms with E-state index < -0.39 is 18.1 Å². The zero-order valence-electron chi connectivity index (χ0n) is 8.92. The lowest BCUT2D eigenvalue weighted by atomic mass is 10.0. The van der Waals surface area contributed by atoms with Crippen LogP contribution >= 0.6 is 15.9 Å². The number of carbonyl (C=O) groups is 1. The van der Waals surface area contributed by atoms with Gasteiger partial charge in [0.25, 0.3) is 0 Å². The molecule has 0 aliphatic heterocycles. The molecular weight excluding hydrogens is 294 g/mol. The van der Waals surface area contributed by atoms with E-state index in [-0.39, 0.29) is 21.5 Å². The second-order valence-electron chi connectivity index (χ2n) is 3.35. The predicted molar refractivity (Wildman–Crippen MR) is 62.5 cm³/mol. The van der Waals surface area contributed by atoms with Crippen LogP contribution in [0.2, 0.25) is 0 Å². The molecular formula is C10H12BrNO5. The molecule has 0 bridgehead atoms. The van der Waals surface area contributed by atoms with E-state index in [9.17, 15) is 20.1 Å². The quantitative estimate of drug-likeness (QED) is 0.627. The highest BCUT2D eigenvalue weighted by atomic mass is 79.9. The third-order valence-electron chi connectivity index (χ3n) is 2.20. The van der Waals surface area contributed by atoms with E-state index in [2.05, 4.69) is 15.9 Å². The third kappa shape index (κ3) is 2.87. The van der Waals surface area contributed by atoms with Gasteiger partial charge < -0.3 is 25.8 Å². The molecule has 17 heavy (non-hydrogen) atoms. The average Bonchev–Trinajstić information content (AvgIpc) is 2.30. The lowest BCUT2D eigenvalue weighted by Gasteiger charge is -2.17. The summed E-state index contributed by atoms with van der Waals surface area (Å²) in [4.78, 5) is 10.7. The van der Waals surface area contributed by atoms with Gasteiger partial charge in [-0.3, -0.25) is 4.79 Å². The number of halogens is 1. The number of rotatable bonds is 4. The smallest absolute Gasteiger partial charge is 0.249 e. The minimum absolute atomic E-state index is 0.102. The fourth-order valence-corrected chi connectivity index (χ4v) is 1.72. The van der Waals surface area contributed by atoms with E-state index in [1.54, 1.807) is 0 Å². The van der Waals surface area contributed by atoms with Crippen molar-refractivity contribution in [1.82, 2.24) is 0 Å². The van der Waals surface area contributed by atoms with E-state index >= 15 is 0 Å². The van der Waals surface area contributed by atoms with Crippen LogP contribution in [-0.2, 0) is 4.79 Å². The normalized spacial score (nSPS) is 14.1. The van der Waals surface area contributed by atoms with Gasteiger partial charge in [-0.25, -0.2) is 0 Å². The molecule has 0 spiro atoms. The minimum Gasteiger partial charge on any atom is -0.503 e. The number of aliphatic hydroxyl groups excluding tert-OH is 2. The largest absolute Gasteiger partial charge is 0.503 e. The van der Waals surface area contributed by atoms with Gasteiger partial charge in [-0.1, -0.05) is 0 Å². The molecule has 1 aromatic carbocycles. The van der Waals surface area contributed by atoms with E-state index in [1.165, 1.54) is 19.2 Å². The zero-order chi connectivity index (χ0) is 13.2. The van der Waals surface area contributed by atoms with Crippen LogP contribution in [0.25, 0.3) is 0 Å². The van der Waals surface area contributed by atoms with Gasteiger partial charge in [0.1, 0.15) is 6.10 Å². The van der Waals surface area contributed by atoms with Gasteiger partial charge in [-0.2, -0.15) is 0 Å². The van der Waals surface area contributed by atoms with Crippen LogP contribution in [0.15, 0.2) is 16.6 Å². The fourth-order valence-electron chi connectivity index (χ4n) is 1.26. The maximum atomic E-state index is 10.7. The number of nitrogens with two attached hydrogens (primary N) is 1. The van der Waals surface area contributed by atoms with E-state index in [0.717, 1.165) is 0 Å². The van der Waals surface area contributed by atoms with Crippen LogP contribution in [0.1, 0.15) is 11.7 Å².